The predicted octanol–water partition coefficient (Wildman–Crippen LogP) is 1.02. The van der Waals surface area contributed by atoms with E-state index in [0.29, 0.717) is 22.3 Å². The molecule has 2 aromatic heterocycles. The van der Waals surface area contributed by atoms with Crippen LogP contribution in [0.3, 0.4) is 0 Å². The Balaban J connectivity index is 2.15. The van der Waals surface area contributed by atoms with Crippen LogP contribution in [0.4, 0.5) is 0 Å². The Morgan fingerprint density at radius 1 is 1.26 bits per heavy atom. The summed E-state index contributed by atoms with van der Waals surface area (Å²) in [6.45, 7) is 3.30. The lowest BCUT2D eigenvalue weighted by atomic mass is 10.1. The molecule has 0 bridgehead atoms. The fourth-order valence-corrected chi connectivity index (χ4v) is 2.33. The first-order valence-electron chi connectivity index (χ1n) is 6.97. The van der Waals surface area contributed by atoms with Crippen molar-refractivity contribution in [2.24, 2.45) is 0 Å². The van der Waals surface area contributed by atoms with E-state index in [-0.39, 0.29) is 23.4 Å². The monoisotopic (exact) mass is 307 g/mol. The van der Waals surface area contributed by atoms with Gasteiger partial charge in [0.05, 0.1) is 23.3 Å². The minimum Gasteiger partial charge on any atom is -0.319 e. The molecule has 1 aromatic carbocycles. The molecule has 3 aromatic rings. The summed E-state index contributed by atoms with van der Waals surface area (Å²) in [6.07, 6.45) is 0. The molecule has 0 aliphatic rings. The molecule has 0 aliphatic carbocycles. The van der Waals surface area contributed by atoms with E-state index in [0.717, 1.165) is 4.68 Å². The third-order valence-electron chi connectivity index (χ3n) is 3.72. The molecule has 1 N–H and O–H groups in total. The van der Waals surface area contributed by atoms with Crippen molar-refractivity contribution in [1.82, 2.24) is 19.7 Å². The molecule has 0 saturated carbocycles. The van der Waals surface area contributed by atoms with Gasteiger partial charge >= 0.3 is 0 Å². The lowest BCUT2D eigenvalue weighted by Gasteiger charge is -2.08. The van der Waals surface area contributed by atoms with Crippen LogP contribution in [0.5, 0.6) is 0 Å². The third kappa shape index (κ3) is 2.51. The molecule has 7 heteroatoms. The zero-order valence-corrected chi connectivity index (χ0v) is 12.6. The summed E-state index contributed by atoms with van der Waals surface area (Å²) in [5, 5.41) is 13.3. The van der Waals surface area contributed by atoms with Crippen molar-refractivity contribution < 1.29 is 0 Å². The molecule has 0 saturated heterocycles. The van der Waals surface area contributed by atoms with Crippen molar-refractivity contribution in [3.63, 3.8) is 0 Å². The van der Waals surface area contributed by atoms with Gasteiger partial charge in [0.2, 0.25) is 0 Å². The van der Waals surface area contributed by atoms with E-state index in [1.54, 1.807) is 32.0 Å². The van der Waals surface area contributed by atoms with Crippen LogP contribution in [0, 0.1) is 25.2 Å². The van der Waals surface area contributed by atoms with E-state index in [9.17, 15) is 9.59 Å². The smallest absolute Gasteiger partial charge is 0.285 e. The standard InChI is InChI=1S/C16H13N5O2/c1-9-10(2)20-21(16(23)11(9)7-17)8-14-15(22)19-13-6-4-3-5-12(13)18-14/h3-6H,8H2,1-2H3,(H,19,22). The molecule has 114 valence electrons. The van der Waals surface area contributed by atoms with Gasteiger partial charge < -0.3 is 4.98 Å². The number of fused-ring (bicyclic) bond motifs is 1. The minimum atomic E-state index is -0.523. The van der Waals surface area contributed by atoms with Crippen molar-refractivity contribution in [3.8, 4) is 6.07 Å². The Labute approximate surface area is 130 Å². The Morgan fingerprint density at radius 2 is 2.00 bits per heavy atom. The van der Waals surface area contributed by atoms with Crippen LogP contribution >= 0.6 is 0 Å². The fourth-order valence-electron chi connectivity index (χ4n) is 2.33. The van der Waals surface area contributed by atoms with E-state index < -0.39 is 5.56 Å². The van der Waals surface area contributed by atoms with Crippen molar-refractivity contribution in [2.45, 2.75) is 20.4 Å². The average molecular weight is 307 g/mol. The number of aryl methyl sites for hydroxylation is 1. The molecule has 0 fully saturated rings. The molecule has 0 amide bonds. The van der Waals surface area contributed by atoms with Gasteiger partial charge in [0.1, 0.15) is 17.3 Å². The predicted molar refractivity (Wildman–Crippen MR) is 84.2 cm³/mol. The molecule has 3 rings (SSSR count). The van der Waals surface area contributed by atoms with Gasteiger partial charge in [0.15, 0.2) is 0 Å². The second-order valence-electron chi connectivity index (χ2n) is 5.19. The van der Waals surface area contributed by atoms with E-state index >= 15 is 0 Å². The quantitative estimate of drug-likeness (QED) is 0.761. The van der Waals surface area contributed by atoms with Crippen LogP contribution < -0.4 is 11.1 Å². The van der Waals surface area contributed by atoms with E-state index in [2.05, 4.69) is 15.1 Å². The molecule has 0 spiro atoms. The Bertz CT molecular complexity index is 1070. The number of nitriles is 1. The molecule has 23 heavy (non-hydrogen) atoms. The van der Waals surface area contributed by atoms with E-state index in [4.69, 9.17) is 5.26 Å². The maximum atomic E-state index is 12.3. The number of para-hydroxylation sites is 2. The summed E-state index contributed by atoms with van der Waals surface area (Å²) in [4.78, 5) is 31.4. The first kappa shape index (κ1) is 14.7. The second-order valence-corrected chi connectivity index (χ2v) is 5.19. The summed E-state index contributed by atoms with van der Waals surface area (Å²) in [5.41, 5.74) is 1.67. The fraction of sp³-hybridized carbons (Fsp3) is 0.188. The van der Waals surface area contributed by atoms with Crippen molar-refractivity contribution in [1.29, 1.82) is 5.26 Å². The van der Waals surface area contributed by atoms with Gasteiger partial charge in [-0.2, -0.15) is 10.4 Å². The highest BCUT2D eigenvalue weighted by molar-refractivity contribution is 5.73. The maximum absolute atomic E-state index is 12.3. The molecular formula is C16H13N5O2. The first-order chi connectivity index (χ1) is 11.0. The number of nitrogens with zero attached hydrogens (tertiary/aromatic N) is 4. The van der Waals surface area contributed by atoms with Crippen molar-refractivity contribution in [2.75, 3.05) is 0 Å². The van der Waals surface area contributed by atoms with Gasteiger partial charge in [0.25, 0.3) is 11.1 Å². The van der Waals surface area contributed by atoms with Gasteiger partial charge in [-0.05, 0) is 31.5 Å². The highest BCUT2D eigenvalue weighted by Gasteiger charge is 2.14. The number of aromatic amines is 1. The summed E-state index contributed by atoms with van der Waals surface area (Å²) in [6, 6.07) is 9.03. The molecule has 7 nitrogen and oxygen atoms in total. The summed E-state index contributed by atoms with van der Waals surface area (Å²) in [7, 11) is 0. The molecule has 0 aliphatic heterocycles. The van der Waals surface area contributed by atoms with Gasteiger partial charge in [-0.15, -0.1) is 0 Å². The molecular weight excluding hydrogens is 294 g/mol. The Kier molecular flexibility index (Phi) is 3.50. The largest absolute Gasteiger partial charge is 0.319 e. The van der Waals surface area contributed by atoms with Crippen LogP contribution in [-0.2, 0) is 6.54 Å². The van der Waals surface area contributed by atoms with Gasteiger partial charge in [-0.1, -0.05) is 12.1 Å². The number of hydrogen-bond donors (Lipinski definition) is 1. The highest BCUT2D eigenvalue weighted by atomic mass is 16.1. The normalized spacial score (nSPS) is 10.7. The number of rotatable bonds is 2. The van der Waals surface area contributed by atoms with Gasteiger partial charge in [0, 0.05) is 0 Å². The molecule has 0 atom stereocenters. The third-order valence-corrected chi connectivity index (χ3v) is 3.72. The Hall–Kier alpha value is -3.27. The molecule has 2 heterocycles. The minimum absolute atomic E-state index is 0.0368. The summed E-state index contributed by atoms with van der Waals surface area (Å²) in [5.74, 6) is 0. The lowest BCUT2D eigenvalue weighted by molar-refractivity contribution is 0.609. The lowest BCUT2D eigenvalue weighted by Crippen LogP contribution is -2.30. The van der Waals surface area contributed by atoms with Crippen molar-refractivity contribution >= 4 is 11.0 Å². The van der Waals surface area contributed by atoms with Crippen LogP contribution in [0.25, 0.3) is 11.0 Å². The van der Waals surface area contributed by atoms with Gasteiger partial charge in [-0.3, -0.25) is 9.59 Å². The van der Waals surface area contributed by atoms with Crippen LogP contribution in [0.1, 0.15) is 22.5 Å². The van der Waals surface area contributed by atoms with Crippen LogP contribution in [0.15, 0.2) is 33.9 Å². The number of hydrogen-bond acceptors (Lipinski definition) is 5. The zero-order valence-electron chi connectivity index (χ0n) is 12.6. The summed E-state index contributed by atoms with van der Waals surface area (Å²) >= 11 is 0. The van der Waals surface area contributed by atoms with Crippen LogP contribution in [0.2, 0.25) is 0 Å². The molecule has 0 unspecified atom stereocenters. The van der Waals surface area contributed by atoms with E-state index in [1.165, 1.54) is 0 Å². The number of nitrogens with one attached hydrogen (secondary N) is 1. The number of H-pyrrole nitrogens is 1. The topological polar surface area (TPSA) is 104 Å². The second kappa shape index (κ2) is 5.50. The molecule has 0 radical (unpaired) electrons. The number of benzene rings is 1. The first-order valence-corrected chi connectivity index (χ1v) is 6.97. The van der Waals surface area contributed by atoms with Crippen LogP contribution in [-0.4, -0.2) is 19.7 Å². The van der Waals surface area contributed by atoms with E-state index in [1.807, 2.05) is 12.1 Å². The maximum Gasteiger partial charge on any atom is 0.285 e. The zero-order chi connectivity index (χ0) is 16.6. The summed E-state index contributed by atoms with van der Waals surface area (Å²) < 4.78 is 1.10. The SMILES string of the molecule is Cc1nn(Cc2nc3ccccc3[nH]c2=O)c(=O)c(C#N)c1C. The highest BCUT2D eigenvalue weighted by Crippen LogP contribution is 2.08. The Morgan fingerprint density at radius 3 is 2.74 bits per heavy atom. The van der Waals surface area contributed by atoms with Crippen molar-refractivity contribution in [3.05, 3.63) is 67.5 Å². The average Bonchev–Trinajstić information content (AvgIpc) is 2.54. The number of aromatic nitrogens is 4. The van der Waals surface area contributed by atoms with Gasteiger partial charge in [-0.25, -0.2) is 9.67 Å².